The first-order valence-electron chi connectivity index (χ1n) is 9.08. The number of carbonyl (C=O) groups is 2. The molecule has 0 saturated heterocycles. The molecule has 1 amide bonds. The molecule has 0 bridgehead atoms. The Morgan fingerprint density at radius 2 is 1.77 bits per heavy atom. The number of anilines is 1. The van der Waals surface area contributed by atoms with Crippen LogP contribution >= 0.6 is 0 Å². The average Bonchev–Trinajstić information content (AvgIpc) is 2.71. The summed E-state index contributed by atoms with van der Waals surface area (Å²) in [4.78, 5) is 38.4. The number of hydrogen-bond donors (Lipinski definition) is 1. The molecular weight excluding hydrogens is 408 g/mol. The maximum Gasteiger partial charge on any atom is 0.251 e. The molecule has 2 heterocycles. The number of carbonyl (C=O) groups excluding carboxylic acids is 2. The van der Waals surface area contributed by atoms with Gasteiger partial charge in [0.1, 0.15) is 17.5 Å². The number of Topliss-reactive ketones (excluding diaryl/α,β-unsaturated/α-hetero) is 1. The van der Waals surface area contributed by atoms with Gasteiger partial charge in [-0.05, 0) is 49.2 Å². The highest BCUT2D eigenvalue weighted by Crippen LogP contribution is 2.29. The van der Waals surface area contributed by atoms with E-state index in [1.807, 2.05) is 13.8 Å². The fourth-order valence-corrected chi connectivity index (χ4v) is 4.93. The number of hydrogen-bond acceptors (Lipinski definition) is 6. The highest BCUT2D eigenvalue weighted by molar-refractivity contribution is 7.89. The number of aryl methyl sites for hydroxylation is 2. The van der Waals surface area contributed by atoms with E-state index in [-0.39, 0.29) is 21.5 Å². The summed E-state index contributed by atoms with van der Waals surface area (Å²) in [5.41, 5.74) is 1.47. The van der Waals surface area contributed by atoms with Crippen molar-refractivity contribution in [3.05, 3.63) is 69.6 Å². The predicted octanol–water partition coefficient (Wildman–Crippen LogP) is 2.23. The lowest BCUT2D eigenvalue weighted by molar-refractivity contribution is -0.118. The standard InChI is InChI=1S/C21H18N2O6S/c1-11-8-14-16(9-12(11)2)29-10-15(19(14)24)22-21(26)18-20(25)13-6-4-5-7-17(13)30(27,28)23(18)3/h4-10,18H,1-3H3,(H,22,26). The second-order valence-corrected chi connectivity index (χ2v) is 9.15. The molecule has 1 unspecified atom stereocenters. The van der Waals surface area contributed by atoms with Crippen LogP contribution in [0.1, 0.15) is 21.5 Å². The van der Waals surface area contributed by atoms with Gasteiger partial charge in [0.25, 0.3) is 5.91 Å². The molecule has 1 aromatic heterocycles. The van der Waals surface area contributed by atoms with Gasteiger partial charge < -0.3 is 9.73 Å². The fraction of sp³-hybridized carbons (Fsp3) is 0.190. The van der Waals surface area contributed by atoms with Crippen molar-refractivity contribution in [2.45, 2.75) is 24.8 Å². The van der Waals surface area contributed by atoms with Gasteiger partial charge in [0.15, 0.2) is 11.8 Å². The SMILES string of the molecule is Cc1cc2occ(NC(=O)C3C(=O)c4ccccc4S(=O)(=O)N3C)c(=O)c2cc1C. The molecule has 2 aromatic carbocycles. The van der Waals surface area contributed by atoms with Crippen molar-refractivity contribution in [2.24, 2.45) is 0 Å². The molecule has 4 rings (SSSR count). The zero-order chi connectivity index (χ0) is 21.8. The van der Waals surface area contributed by atoms with Crippen molar-refractivity contribution >= 4 is 38.4 Å². The number of fused-ring (bicyclic) bond motifs is 2. The normalized spacial score (nSPS) is 18.2. The Labute approximate surface area is 172 Å². The Bertz CT molecular complexity index is 1390. The minimum Gasteiger partial charge on any atom is -0.462 e. The van der Waals surface area contributed by atoms with Crippen LogP contribution in [-0.2, 0) is 14.8 Å². The van der Waals surface area contributed by atoms with Crippen LogP contribution in [0.3, 0.4) is 0 Å². The molecule has 30 heavy (non-hydrogen) atoms. The molecule has 9 heteroatoms. The molecule has 1 atom stereocenters. The third kappa shape index (κ3) is 2.94. The summed E-state index contributed by atoms with van der Waals surface area (Å²) in [5, 5.41) is 2.64. The number of amides is 1. The lowest BCUT2D eigenvalue weighted by Gasteiger charge is -2.30. The lowest BCUT2D eigenvalue weighted by Crippen LogP contribution is -2.53. The Morgan fingerprint density at radius 3 is 2.50 bits per heavy atom. The van der Waals surface area contributed by atoms with Crippen LogP contribution in [0.15, 0.2) is 56.8 Å². The van der Waals surface area contributed by atoms with Crippen molar-refractivity contribution in [1.29, 1.82) is 0 Å². The Balaban J connectivity index is 1.74. The number of ketones is 1. The van der Waals surface area contributed by atoms with E-state index < -0.39 is 33.2 Å². The first-order chi connectivity index (χ1) is 14.1. The van der Waals surface area contributed by atoms with Gasteiger partial charge in [0.2, 0.25) is 15.5 Å². The number of rotatable bonds is 2. The molecule has 0 aliphatic carbocycles. The van der Waals surface area contributed by atoms with Crippen molar-refractivity contribution in [1.82, 2.24) is 4.31 Å². The maximum atomic E-state index is 12.9. The summed E-state index contributed by atoms with van der Waals surface area (Å²) in [6, 6.07) is 7.44. The number of benzene rings is 2. The number of likely N-dealkylation sites (N-methyl/N-ethyl adjacent to an activating group) is 1. The summed E-state index contributed by atoms with van der Waals surface area (Å²) in [6.07, 6.45) is 1.09. The summed E-state index contributed by atoms with van der Waals surface area (Å²) < 4.78 is 31.7. The first-order valence-corrected chi connectivity index (χ1v) is 10.5. The second kappa shape index (κ2) is 6.89. The molecule has 0 fully saturated rings. The van der Waals surface area contributed by atoms with Gasteiger partial charge in [0, 0.05) is 12.6 Å². The largest absolute Gasteiger partial charge is 0.462 e. The fourth-order valence-electron chi connectivity index (χ4n) is 3.46. The zero-order valence-electron chi connectivity index (χ0n) is 16.4. The van der Waals surface area contributed by atoms with Crippen LogP contribution in [0.2, 0.25) is 0 Å². The molecule has 0 spiro atoms. The molecule has 8 nitrogen and oxygen atoms in total. The Morgan fingerprint density at radius 1 is 1.10 bits per heavy atom. The van der Waals surface area contributed by atoms with Crippen molar-refractivity contribution in [3.63, 3.8) is 0 Å². The van der Waals surface area contributed by atoms with E-state index in [2.05, 4.69) is 5.32 Å². The van der Waals surface area contributed by atoms with Crippen molar-refractivity contribution < 1.29 is 22.4 Å². The average molecular weight is 426 g/mol. The first kappa shape index (κ1) is 20.0. The zero-order valence-corrected chi connectivity index (χ0v) is 17.2. The van der Waals surface area contributed by atoms with Gasteiger partial charge in [-0.2, -0.15) is 4.31 Å². The highest BCUT2D eigenvalue weighted by atomic mass is 32.2. The van der Waals surface area contributed by atoms with E-state index in [1.165, 1.54) is 24.3 Å². The van der Waals surface area contributed by atoms with E-state index in [4.69, 9.17) is 4.42 Å². The van der Waals surface area contributed by atoms with Crippen LogP contribution < -0.4 is 10.7 Å². The Hall–Kier alpha value is -3.30. The van der Waals surface area contributed by atoms with Gasteiger partial charge in [-0.3, -0.25) is 14.4 Å². The topological polar surface area (TPSA) is 114 Å². The van der Waals surface area contributed by atoms with Crippen LogP contribution in [-0.4, -0.2) is 37.5 Å². The lowest BCUT2D eigenvalue weighted by atomic mass is 10.0. The molecule has 3 aromatic rings. The summed E-state index contributed by atoms with van der Waals surface area (Å²) >= 11 is 0. The summed E-state index contributed by atoms with van der Waals surface area (Å²) in [6.45, 7) is 3.73. The number of sulfonamides is 1. The molecule has 0 radical (unpaired) electrons. The van der Waals surface area contributed by atoms with E-state index in [0.717, 1.165) is 24.4 Å². The van der Waals surface area contributed by atoms with Crippen LogP contribution in [0.4, 0.5) is 5.69 Å². The van der Waals surface area contributed by atoms with Gasteiger partial charge in [-0.15, -0.1) is 0 Å². The molecule has 1 aliphatic rings. The third-order valence-corrected chi connectivity index (χ3v) is 7.20. The molecule has 1 aliphatic heterocycles. The third-order valence-electron chi connectivity index (χ3n) is 5.32. The number of nitrogens with zero attached hydrogens (tertiary/aromatic N) is 1. The summed E-state index contributed by atoms with van der Waals surface area (Å²) in [7, 11) is -2.89. The van der Waals surface area contributed by atoms with E-state index in [0.29, 0.717) is 9.89 Å². The quantitative estimate of drug-likeness (QED) is 0.629. The van der Waals surface area contributed by atoms with Crippen molar-refractivity contribution in [2.75, 3.05) is 12.4 Å². The minimum absolute atomic E-state index is 0.0626. The minimum atomic E-state index is -4.05. The van der Waals surface area contributed by atoms with E-state index in [1.54, 1.807) is 12.1 Å². The van der Waals surface area contributed by atoms with Crippen LogP contribution in [0.25, 0.3) is 11.0 Å². The smallest absolute Gasteiger partial charge is 0.251 e. The molecule has 154 valence electrons. The molecular formula is C21H18N2O6S. The second-order valence-electron chi connectivity index (χ2n) is 7.18. The van der Waals surface area contributed by atoms with Gasteiger partial charge in [-0.1, -0.05) is 12.1 Å². The van der Waals surface area contributed by atoms with Gasteiger partial charge >= 0.3 is 0 Å². The van der Waals surface area contributed by atoms with E-state index in [9.17, 15) is 22.8 Å². The van der Waals surface area contributed by atoms with Gasteiger partial charge in [-0.25, -0.2) is 8.42 Å². The highest BCUT2D eigenvalue weighted by Gasteiger charge is 2.45. The van der Waals surface area contributed by atoms with Crippen LogP contribution in [0, 0.1) is 13.8 Å². The Kier molecular flexibility index (Phi) is 4.59. The summed E-state index contributed by atoms with van der Waals surface area (Å²) in [5.74, 6) is -1.60. The van der Waals surface area contributed by atoms with Crippen molar-refractivity contribution in [3.8, 4) is 0 Å². The maximum absolute atomic E-state index is 12.9. The molecule has 0 saturated carbocycles. The monoisotopic (exact) mass is 426 g/mol. The van der Waals surface area contributed by atoms with Gasteiger partial charge in [0.05, 0.1) is 10.3 Å². The predicted molar refractivity (Wildman–Crippen MR) is 110 cm³/mol. The number of nitrogens with one attached hydrogen (secondary N) is 1. The van der Waals surface area contributed by atoms with E-state index >= 15 is 0 Å². The van der Waals surface area contributed by atoms with Crippen LogP contribution in [0.5, 0.6) is 0 Å². The molecule has 1 N–H and O–H groups in total.